The third kappa shape index (κ3) is 10.2. The average molecular weight is 486 g/mol. The number of aromatic nitrogens is 2. The number of rotatable bonds is 14. The van der Waals surface area contributed by atoms with E-state index in [0.29, 0.717) is 25.1 Å². The van der Waals surface area contributed by atoms with Gasteiger partial charge in [-0.25, -0.2) is 9.78 Å². The van der Waals surface area contributed by atoms with Crippen molar-refractivity contribution in [2.45, 2.75) is 50.4 Å². The number of imidazole rings is 1. The van der Waals surface area contributed by atoms with Gasteiger partial charge in [0.2, 0.25) is 17.7 Å². The zero-order valence-corrected chi connectivity index (χ0v) is 19.0. The summed E-state index contributed by atoms with van der Waals surface area (Å²) in [6, 6.07) is -4.25. The van der Waals surface area contributed by atoms with Crippen molar-refractivity contribution in [2.75, 3.05) is 12.3 Å². The lowest BCUT2D eigenvalue weighted by Crippen LogP contribution is -2.57. The van der Waals surface area contributed by atoms with Crippen LogP contribution >= 0.6 is 12.6 Å². The minimum absolute atomic E-state index is 0.0259. The molecule has 11 N–H and O–H groups in total. The molecular weight excluding hydrogens is 454 g/mol. The van der Waals surface area contributed by atoms with E-state index < -0.39 is 47.9 Å². The third-order valence-electron chi connectivity index (χ3n) is 4.47. The van der Waals surface area contributed by atoms with E-state index >= 15 is 0 Å². The molecule has 184 valence electrons. The van der Waals surface area contributed by atoms with Crippen molar-refractivity contribution in [1.82, 2.24) is 25.9 Å². The molecule has 4 atom stereocenters. The highest BCUT2D eigenvalue weighted by Gasteiger charge is 2.28. The van der Waals surface area contributed by atoms with Crippen molar-refractivity contribution in [1.29, 1.82) is 0 Å². The molecule has 4 unspecified atom stereocenters. The molecule has 0 aliphatic rings. The lowest BCUT2D eigenvalue weighted by molar-refractivity contribution is -0.142. The lowest BCUT2D eigenvalue weighted by Gasteiger charge is -2.22. The van der Waals surface area contributed by atoms with Gasteiger partial charge in [-0.15, -0.1) is 0 Å². The van der Waals surface area contributed by atoms with Crippen LogP contribution in [-0.4, -0.2) is 81.2 Å². The molecule has 0 radical (unpaired) electrons. The van der Waals surface area contributed by atoms with Crippen LogP contribution in [0.1, 0.15) is 25.5 Å². The maximum absolute atomic E-state index is 12.5. The van der Waals surface area contributed by atoms with Gasteiger partial charge >= 0.3 is 5.97 Å². The molecule has 1 heterocycles. The standard InChI is InChI=1S/C18H31N9O5S/c1-9(25-15(29)11(19)3-2-4-23-18(20)21)14(28)27-13(7-33)16(30)26-12(17(31)32)5-10-6-22-8-24-10/h6,8-9,11-13,33H,2-5,7,19H2,1H3,(H,22,24)(H,25,29)(H,26,30)(H,27,28)(H,31,32)(H4,20,21,23). The number of hydrogen-bond donors (Lipinski definition) is 9. The van der Waals surface area contributed by atoms with Gasteiger partial charge in [0.1, 0.15) is 18.1 Å². The second-order valence-corrected chi connectivity index (χ2v) is 7.57. The molecule has 0 aromatic carbocycles. The third-order valence-corrected chi connectivity index (χ3v) is 4.83. The second-order valence-electron chi connectivity index (χ2n) is 7.21. The predicted molar refractivity (Wildman–Crippen MR) is 123 cm³/mol. The Morgan fingerprint density at radius 1 is 1.15 bits per heavy atom. The minimum atomic E-state index is -1.25. The number of hydrogen-bond acceptors (Lipinski definition) is 8. The van der Waals surface area contributed by atoms with Crippen LogP contribution in [0.2, 0.25) is 0 Å². The highest BCUT2D eigenvalue weighted by atomic mass is 32.1. The van der Waals surface area contributed by atoms with E-state index in [9.17, 15) is 24.3 Å². The first-order chi connectivity index (χ1) is 15.5. The molecule has 1 aromatic rings. The highest BCUT2D eigenvalue weighted by Crippen LogP contribution is 2.01. The number of carboxylic acid groups (broad SMARTS) is 1. The Morgan fingerprint density at radius 3 is 2.36 bits per heavy atom. The maximum atomic E-state index is 12.5. The van der Waals surface area contributed by atoms with Crippen LogP contribution in [0.4, 0.5) is 0 Å². The molecule has 0 spiro atoms. The second kappa shape index (κ2) is 13.9. The monoisotopic (exact) mass is 485 g/mol. The van der Waals surface area contributed by atoms with Gasteiger partial charge < -0.3 is 43.2 Å². The Morgan fingerprint density at radius 2 is 1.82 bits per heavy atom. The molecule has 14 nitrogen and oxygen atoms in total. The number of carbonyl (C=O) groups is 4. The van der Waals surface area contributed by atoms with Gasteiger partial charge in [0, 0.05) is 30.6 Å². The highest BCUT2D eigenvalue weighted by molar-refractivity contribution is 7.80. The fourth-order valence-electron chi connectivity index (χ4n) is 2.62. The Kier molecular flexibility index (Phi) is 11.7. The average Bonchev–Trinajstić information content (AvgIpc) is 3.26. The van der Waals surface area contributed by atoms with E-state index in [2.05, 4.69) is 43.5 Å². The number of aliphatic imine (C=N–C) groups is 1. The predicted octanol–water partition coefficient (Wildman–Crippen LogP) is -3.18. The molecule has 1 aromatic heterocycles. The first kappa shape index (κ1) is 27.7. The van der Waals surface area contributed by atoms with Crippen LogP contribution in [0.3, 0.4) is 0 Å². The quantitative estimate of drug-likeness (QED) is 0.0557. The number of carboxylic acids is 1. The Hall–Kier alpha value is -3.33. The summed E-state index contributed by atoms with van der Waals surface area (Å²) in [7, 11) is 0. The van der Waals surface area contributed by atoms with E-state index in [1.165, 1.54) is 19.4 Å². The van der Waals surface area contributed by atoms with Gasteiger partial charge in [0.05, 0.1) is 12.4 Å². The number of nitrogens with one attached hydrogen (secondary N) is 4. The Balaban J connectivity index is 2.57. The zero-order valence-electron chi connectivity index (χ0n) is 18.2. The summed E-state index contributed by atoms with van der Waals surface area (Å²) in [6.07, 6.45) is 3.57. The summed E-state index contributed by atoms with van der Waals surface area (Å²) < 4.78 is 0. The van der Waals surface area contributed by atoms with Crippen molar-refractivity contribution < 1.29 is 24.3 Å². The molecule has 0 saturated carbocycles. The topological polar surface area (TPSA) is 244 Å². The molecule has 0 aliphatic carbocycles. The fraction of sp³-hybridized carbons (Fsp3) is 0.556. The summed E-state index contributed by atoms with van der Waals surface area (Å²) in [5, 5.41) is 16.6. The van der Waals surface area contributed by atoms with Gasteiger partial charge in [-0.3, -0.25) is 19.4 Å². The smallest absolute Gasteiger partial charge is 0.326 e. The van der Waals surface area contributed by atoms with Gasteiger partial charge in [-0.1, -0.05) is 0 Å². The van der Waals surface area contributed by atoms with Crippen molar-refractivity contribution in [3.05, 3.63) is 18.2 Å². The number of H-pyrrole nitrogens is 1. The zero-order chi connectivity index (χ0) is 25.0. The summed E-state index contributed by atoms with van der Waals surface area (Å²) in [5.74, 6) is -3.36. The minimum Gasteiger partial charge on any atom is -0.480 e. The molecule has 0 bridgehead atoms. The van der Waals surface area contributed by atoms with E-state index in [4.69, 9.17) is 17.2 Å². The number of guanidine groups is 1. The summed E-state index contributed by atoms with van der Waals surface area (Å²) in [5.41, 5.74) is 16.8. The molecule has 33 heavy (non-hydrogen) atoms. The molecule has 1 rings (SSSR count). The maximum Gasteiger partial charge on any atom is 0.326 e. The normalized spacial score (nSPS) is 14.3. The first-order valence-electron chi connectivity index (χ1n) is 10.1. The van der Waals surface area contributed by atoms with E-state index in [-0.39, 0.29) is 18.1 Å². The fourth-order valence-corrected chi connectivity index (χ4v) is 2.87. The van der Waals surface area contributed by atoms with Crippen molar-refractivity contribution >= 4 is 42.3 Å². The van der Waals surface area contributed by atoms with Crippen LogP contribution in [0.5, 0.6) is 0 Å². The van der Waals surface area contributed by atoms with Gasteiger partial charge in [-0.2, -0.15) is 12.6 Å². The Bertz CT molecular complexity index is 829. The number of nitrogens with zero attached hydrogens (tertiary/aromatic N) is 2. The molecule has 0 saturated heterocycles. The Labute approximate surface area is 195 Å². The molecular formula is C18H31N9O5S. The van der Waals surface area contributed by atoms with Gasteiger partial charge in [0.25, 0.3) is 0 Å². The van der Waals surface area contributed by atoms with Crippen LogP contribution in [0.15, 0.2) is 17.5 Å². The largest absolute Gasteiger partial charge is 0.480 e. The van der Waals surface area contributed by atoms with Crippen LogP contribution in [-0.2, 0) is 25.6 Å². The lowest BCUT2D eigenvalue weighted by atomic mass is 10.1. The number of carbonyl (C=O) groups excluding carboxylic acids is 3. The van der Waals surface area contributed by atoms with Crippen molar-refractivity contribution in [2.24, 2.45) is 22.2 Å². The summed E-state index contributed by atoms with van der Waals surface area (Å²) >= 11 is 4.05. The molecule has 3 amide bonds. The molecule has 0 aliphatic heterocycles. The van der Waals surface area contributed by atoms with Crippen molar-refractivity contribution in [3.8, 4) is 0 Å². The molecule has 15 heteroatoms. The number of nitrogens with two attached hydrogens (primary N) is 3. The number of aliphatic carboxylic acids is 1. The van der Waals surface area contributed by atoms with Crippen LogP contribution in [0, 0.1) is 0 Å². The van der Waals surface area contributed by atoms with Crippen LogP contribution in [0.25, 0.3) is 0 Å². The summed E-state index contributed by atoms with van der Waals surface area (Å²) in [6.45, 7) is 1.74. The summed E-state index contributed by atoms with van der Waals surface area (Å²) in [4.78, 5) is 58.9. The number of thiol groups is 1. The first-order valence-corrected chi connectivity index (χ1v) is 10.7. The van der Waals surface area contributed by atoms with E-state index in [0.717, 1.165) is 0 Å². The van der Waals surface area contributed by atoms with Gasteiger partial charge in [0.15, 0.2) is 5.96 Å². The van der Waals surface area contributed by atoms with E-state index in [1.807, 2.05) is 0 Å². The van der Waals surface area contributed by atoms with Gasteiger partial charge in [-0.05, 0) is 19.8 Å². The molecule has 0 fully saturated rings. The van der Waals surface area contributed by atoms with E-state index in [1.54, 1.807) is 0 Å². The van der Waals surface area contributed by atoms with Crippen LogP contribution < -0.4 is 33.2 Å². The number of amides is 3. The number of aromatic amines is 1. The van der Waals surface area contributed by atoms with Crippen molar-refractivity contribution in [3.63, 3.8) is 0 Å². The SMILES string of the molecule is CC(NC(=O)C(N)CCCN=C(N)N)C(=O)NC(CS)C(=O)NC(Cc1cnc[nH]1)C(=O)O.